The van der Waals surface area contributed by atoms with E-state index >= 15 is 0 Å². The Bertz CT molecular complexity index is 1780. The van der Waals surface area contributed by atoms with E-state index in [1.54, 1.807) is 26.0 Å². The molecule has 3 fully saturated rings. The number of rotatable bonds is 15. The lowest BCUT2D eigenvalue weighted by molar-refractivity contribution is -0.118. The molecule has 0 spiro atoms. The molecule has 2 atom stereocenters. The summed E-state index contributed by atoms with van der Waals surface area (Å²) in [6, 6.07) is 31.8. The summed E-state index contributed by atoms with van der Waals surface area (Å²) in [5.74, 6) is 4.69. The number of phenols is 1. The first-order chi connectivity index (χ1) is 25.1. The van der Waals surface area contributed by atoms with Crippen molar-refractivity contribution in [2.45, 2.75) is 77.4 Å². The van der Waals surface area contributed by atoms with E-state index in [1.165, 1.54) is 24.1 Å². The van der Waals surface area contributed by atoms with Crippen LogP contribution in [0.4, 0.5) is 11.4 Å². The summed E-state index contributed by atoms with van der Waals surface area (Å²) in [7, 11) is 0. The third kappa shape index (κ3) is 10.5. The summed E-state index contributed by atoms with van der Waals surface area (Å²) >= 11 is 0. The zero-order chi connectivity index (χ0) is 36.6. The summed E-state index contributed by atoms with van der Waals surface area (Å²) < 4.78 is 18.0. The number of anilines is 2. The maximum atomic E-state index is 11.3. The second-order valence-corrected chi connectivity index (χ2v) is 14.8. The zero-order valence-electron chi connectivity index (χ0n) is 30.9. The van der Waals surface area contributed by atoms with E-state index in [4.69, 9.17) is 14.2 Å². The standard InChI is InChI=1S/C24H29NO3.C20H23NO3/c1-17(12-18(2)26)20-8-10-22(11-9-20)28-24-14-25(15-24)21-4-3-5-23(13-21)27-16-19-6-7-19;1-14(10-15(2)22)16-6-8-19(9-7-16)24-20-12-21(13-20)17-4-3-5-18(23)11-17/h3-5,8-11,13,17,19,24H,6-7,12,14-16H2,1-2H3;3-9,11,14,20,23H,10,12-13H2,1-2H3/t17-;14-/m11/s1. The highest BCUT2D eigenvalue weighted by atomic mass is 16.5. The molecule has 274 valence electrons. The summed E-state index contributed by atoms with van der Waals surface area (Å²) in [6.07, 6.45) is 4.13. The minimum Gasteiger partial charge on any atom is -0.508 e. The van der Waals surface area contributed by atoms with Gasteiger partial charge in [-0.05, 0) is 104 Å². The minimum absolute atomic E-state index is 0.160. The minimum atomic E-state index is 0.160. The number of carbonyl (C=O) groups excluding carboxylic acids is 2. The van der Waals surface area contributed by atoms with Gasteiger partial charge in [-0.15, -0.1) is 0 Å². The third-order valence-electron chi connectivity index (χ3n) is 9.95. The Balaban J connectivity index is 0.000000181. The van der Waals surface area contributed by atoms with Crippen LogP contribution >= 0.6 is 0 Å². The van der Waals surface area contributed by atoms with E-state index in [-0.39, 0.29) is 41.4 Å². The predicted molar refractivity (Wildman–Crippen MR) is 206 cm³/mol. The first kappa shape index (κ1) is 36.8. The average Bonchev–Trinajstić information content (AvgIpc) is 3.92. The number of hydrogen-bond acceptors (Lipinski definition) is 8. The molecular formula is C44H52N2O6. The van der Waals surface area contributed by atoms with Crippen LogP contribution in [-0.4, -0.2) is 61.7 Å². The van der Waals surface area contributed by atoms with Crippen LogP contribution < -0.4 is 24.0 Å². The quantitative estimate of drug-likeness (QED) is 0.132. The number of aromatic hydroxyl groups is 1. The second-order valence-electron chi connectivity index (χ2n) is 14.8. The molecule has 8 nitrogen and oxygen atoms in total. The van der Waals surface area contributed by atoms with Crippen molar-refractivity contribution in [3.63, 3.8) is 0 Å². The Morgan fingerprint density at radius 3 is 1.56 bits per heavy atom. The van der Waals surface area contributed by atoms with Crippen LogP contribution in [0.25, 0.3) is 0 Å². The molecule has 0 amide bonds. The van der Waals surface area contributed by atoms with Crippen molar-refractivity contribution in [1.29, 1.82) is 0 Å². The zero-order valence-corrected chi connectivity index (χ0v) is 30.9. The molecule has 2 saturated heterocycles. The highest BCUT2D eigenvalue weighted by Gasteiger charge is 2.30. The van der Waals surface area contributed by atoms with Crippen molar-refractivity contribution in [3.05, 3.63) is 108 Å². The van der Waals surface area contributed by atoms with Gasteiger partial charge in [0.15, 0.2) is 0 Å². The van der Waals surface area contributed by atoms with E-state index in [0.29, 0.717) is 12.8 Å². The monoisotopic (exact) mass is 704 g/mol. The molecule has 4 aromatic carbocycles. The van der Waals surface area contributed by atoms with Gasteiger partial charge in [-0.1, -0.05) is 50.2 Å². The van der Waals surface area contributed by atoms with Gasteiger partial charge in [-0.3, -0.25) is 0 Å². The Morgan fingerprint density at radius 1 is 0.654 bits per heavy atom. The molecule has 1 N–H and O–H groups in total. The van der Waals surface area contributed by atoms with Gasteiger partial charge in [-0.2, -0.15) is 0 Å². The van der Waals surface area contributed by atoms with E-state index in [9.17, 15) is 14.7 Å². The largest absolute Gasteiger partial charge is 0.508 e. The molecule has 2 heterocycles. The van der Waals surface area contributed by atoms with Crippen molar-refractivity contribution in [1.82, 2.24) is 0 Å². The molecule has 4 aromatic rings. The fraction of sp³-hybridized carbons (Fsp3) is 0.409. The number of Topliss-reactive ketones (excluding diaryl/α,β-unsaturated/α-hetero) is 2. The molecule has 3 aliphatic rings. The summed E-state index contributed by atoms with van der Waals surface area (Å²) in [5, 5.41) is 9.53. The van der Waals surface area contributed by atoms with Gasteiger partial charge in [0.05, 0.1) is 32.8 Å². The van der Waals surface area contributed by atoms with Crippen molar-refractivity contribution < 1.29 is 28.9 Å². The molecular weight excluding hydrogens is 652 g/mol. The Kier molecular flexibility index (Phi) is 12.0. The maximum Gasteiger partial charge on any atom is 0.133 e. The highest BCUT2D eigenvalue weighted by molar-refractivity contribution is 5.76. The first-order valence-corrected chi connectivity index (χ1v) is 18.6. The molecule has 0 bridgehead atoms. The van der Waals surface area contributed by atoms with Crippen molar-refractivity contribution in [2.75, 3.05) is 42.6 Å². The average molecular weight is 705 g/mol. The van der Waals surface area contributed by atoms with Crippen LogP contribution in [0, 0.1) is 5.92 Å². The fourth-order valence-corrected chi connectivity index (χ4v) is 6.64. The summed E-state index contributed by atoms with van der Waals surface area (Å²) in [6.45, 7) is 11.7. The van der Waals surface area contributed by atoms with Crippen LogP contribution in [0.3, 0.4) is 0 Å². The molecule has 52 heavy (non-hydrogen) atoms. The Labute approximate surface area is 308 Å². The summed E-state index contributed by atoms with van der Waals surface area (Å²) in [4.78, 5) is 27.0. The molecule has 0 unspecified atom stereocenters. The van der Waals surface area contributed by atoms with Gasteiger partial charge in [0.25, 0.3) is 0 Å². The van der Waals surface area contributed by atoms with Gasteiger partial charge in [0.2, 0.25) is 0 Å². The normalized spacial score (nSPS) is 16.8. The smallest absolute Gasteiger partial charge is 0.133 e. The third-order valence-corrected chi connectivity index (χ3v) is 9.95. The van der Waals surface area contributed by atoms with E-state index in [2.05, 4.69) is 54.0 Å². The topological polar surface area (TPSA) is 88.5 Å². The number of ether oxygens (including phenoxy) is 3. The number of phenolic OH excluding ortho intramolecular Hbond substituents is 1. The first-order valence-electron chi connectivity index (χ1n) is 18.6. The number of benzene rings is 4. The number of hydrogen-bond donors (Lipinski definition) is 1. The number of nitrogens with zero attached hydrogens (tertiary/aromatic N) is 2. The fourth-order valence-electron chi connectivity index (χ4n) is 6.64. The van der Waals surface area contributed by atoms with E-state index in [1.807, 2.05) is 54.6 Å². The van der Waals surface area contributed by atoms with Crippen LogP contribution in [-0.2, 0) is 9.59 Å². The molecule has 0 radical (unpaired) electrons. The van der Waals surface area contributed by atoms with Crippen LogP contribution in [0.15, 0.2) is 97.1 Å². The molecule has 0 aromatic heterocycles. The number of carbonyl (C=O) groups is 2. The second kappa shape index (κ2) is 17.0. The van der Waals surface area contributed by atoms with Crippen molar-refractivity contribution in [3.8, 4) is 23.0 Å². The molecule has 8 heteroatoms. The van der Waals surface area contributed by atoms with E-state index < -0.39 is 0 Å². The highest BCUT2D eigenvalue weighted by Crippen LogP contribution is 2.32. The van der Waals surface area contributed by atoms with Crippen molar-refractivity contribution in [2.24, 2.45) is 5.92 Å². The lowest BCUT2D eigenvalue weighted by Gasteiger charge is -2.40. The molecule has 1 saturated carbocycles. The molecule has 2 aliphatic heterocycles. The van der Waals surface area contributed by atoms with Gasteiger partial charge in [-0.25, -0.2) is 0 Å². The van der Waals surface area contributed by atoms with Gasteiger partial charge >= 0.3 is 0 Å². The van der Waals surface area contributed by atoms with Gasteiger partial charge < -0.3 is 38.7 Å². The van der Waals surface area contributed by atoms with Crippen molar-refractivity contribution >= 4 is 22.9 Å². The Morgan fingerprint density at radius 2 is 1.12 bits per heavy atom. The SMILES string of the molecule is CC(=O)C[C@@H](C)c1ccc(OC2CN(c3cccc(O)c3)C2)cc1.CC(=O)C[C@@H](C)c1ccc(OC2CN(c3cccc(OCC4CC4)c3)C2)cc1. The van der Waals surface area contributed by atoms with E-state index in [0.717, 1.165) is 67.2 Å². The lowest BCUT2D eigenvalue weighted by atomic mass is 9.96. The van der Waals surface area contributed by atoms with Gasteiger partial charge in [0.1, 0.15) is 46.8 Å². The Hall–Kier alpha value is -4.98. The molecule has 1 aliphatic carbocycles. The predicted octanol–water partition coefficient (Wildman–Crippen LogP) is 8.57. The van der Waals surface area contributed by atoms with Crippen LogP contribution in [0.2, 0.25) is 0 Å². The molecule has 7 rings (SSSR count). The van der Waals surface area contributed by atoms with Crippen LogP contribution in [0.5, 0.6) is 23.0 Å². The maximum absolute atomic E-state index is 11.3. The summed E-state index contributed by atoms with van der Waals surface area (Å²) in [5.41, 5.74) is 4.55. The number of ketones is 2. The van der Waals surface area contributed by atoms with Gasteiger partial charge in [0, 0.05) is 36.3 Å². The van der Waals surface area contributed by atoms with Crippen LogP contribution in [0.1, 0.15) is 76.3 Å². The lowest BCUT2D eigenvalue weighted by Crippen LogP contribution is -2.54.